The van der Waals surface area contributed by atoms with Gasteiger partial charge in [-0.25, -0.2) is 4.39 Å². The van der Waals surface area contributed by atoms with Gasteiger partial charge in [0.2, 0.25) is 5.91 Å². The van der Waals surface area contributed by atoms with Crippen molar-refractivity contribution in [2.24, 2.45) is 0 Å². The van der Waals surface area contributed by atoms with E-state index in [1.54, 1.807) is 17.0 Å². The molecule has 1 aliphatic rings. The molecule has 2 aromatic heterocycles. The number of likely N-dealkylation sites (tertiary alicyclic amines) is 1. The zero-order valence-electron chi connectivity index (χ0n) is 15.9. The van der Waals surface area contributed by atoms with Crippen molar-refractivity contribution in [3.8, 4) is 17.0 Å². The van der Waals surface area contributed by atoms with Gasteiger partial charge in [0.1, 0.15) is 17.3 Å². The van der Waals surface area contributed by atoms with Gasteiger partial charge in [0, 0.05) is 41.8 Å². The minimum atomic E-state index is -0.490. The number of pyridine rings is 2. The number of methoxy groups -OCH3 is 1. The van der Waals surface area contributed by atoms with Crippen LogP contribution in [0.15, 0.2) is 54.0 Å². The molecule has 1 fully saturated rings. The Kier molecular flexibility index (Phi) is 4.88. The number of hydrogen-bond acceptors (Lipinski definition) is 4. The smallest absolute Gasteiger partial charge is 0.256 e. The van der Waals surface area contributed by atoms with Gasteiger partial charge in [-0.05, 0) is 48.2 Å². The van der Waals surface area contributed by atoms with Crippen LogP contribution in [0.4, 0.5) is 4.39 Å². The van der Waals surface area contributed by atoms with Crippen LogP contribution in [0.1, 0.15) is 18.0 Å². The molecule has 1 saturated heterocycles. The lowest BCUT2D eigenvalue weighted by Crippen LogP contribution is -2.26. The van der Waals surface area contributed by atoms with Crippen molar-refractivity contribution in [3.05, 3.63) is 71.0 Å². The number of hydrogen-bond donors (Lipinski definition) is 1. The molecule has 0 aliphatic carbocycles. The van der Waals surface area contributed by atoms with Crippen molar-refractivity contribution in [2.45, 2.75) is 12.3 Å². The third kappa shape index (κ3) is 3.40. The number of nitrogens with zero attached hydrogens (tertiary/aromatic N) is 2. The number of carbonyl (C=O) groups is 1. The molecule has 0 spiro atoms. The predicted molar refractivity (Wildman–Crippen MR) is 108 cm³/mol. The third-order valence-corrected chi connectivity index (χ3v) is 5.31. The lowest BCUT2D eigenvalue weighted by atomic mass is 9.99. The fourth-order valence-electron chi connectivity index (χ4n) is 3.81. The molecule has 1 unspecified atom stereocenters. The summed E-state index contributed by atoms with van der Waals surface area (Å²) in [6, 6.07) is 8.04. The van der Waals surface area contributed by atoms with E-state index in [2.05, 4.69) is 16.5 Å². The predicted octanol–water partition coefficient (Wildman–Crippen LogP) is 3.24. The number of fused-ring (bicyclic) bond motifs is 1. The Labute approximate surface area is 166 Å². The number of aromatic amines is 1. The van der Waals surface area contributed by atoms with Gasteiger partial charge in [0.05, 0.1) is 7.11 Å². The molecule has 1 N–H and O–H groups in total. The molecule has 6 nitrogen and oxygen atoms in total. The van der Waals surface area contributed by atoms with Crippen molar-refractivity contribution in [1.82, 2.24) is 14.9 Å². The van der Waals surface area contributed by atoms with E-state index in [9.17, 15) is 14.0 Å². The number of halogens is 1. The molecule has 1 atom stereocenters. The zero-order chi connectivity index (χ0) is 20.5. The maximum atomic E-state index is 14.2. The molecule has 1 amide bonds. The highest BCUT2D eigenvalue weighted by Gasteiger charge is 2.27. The summed E-state index contributed by atoms with van der Waals surface area (Å²) >= 11 is 0. The Balaban J connectivity index is 1.79. The second kappa shape index (κ2) is 7.50. The van der Waals surface area contributed by atoms with E-state index in [0.29, 0.717) is 35.2 Å². The summed E-state index contributed by atoms with van der Waals surface area (Å²) in [5.74, 6) is -0.132. The van der Waals surface area contributed by atoms with Gasteiger partial charge in [-0.2, -0.15) is 0 Å². The van der Waals surface area contributed by atoms with Crippen molar-refractivity contribution in [1.29, 1.82) is 0 Å². The largest absolute Gasteiger partial charge is 0.496 e. The number of rotatable bonds is 4. The van der Waals surface area contributed by atoms with Crippen LogP contribution >= 0.6 is 0 Å². The van der Waals surface area contributed by atoms with Gasteiger partial charge in [-0.1, -0.05) is 6.58 Å². The number of nitrogens with one attached hydrogen (secondary N) is 1. The quantitative estimate of drug-likeness (QED) is 0.691. The maximum Gasteiger partial charge on any atom is 0.256 e. The highest BCUT2D eigenvalue weighted by Crippen LogP contribution is 2.34. The molecule has 29 heavy (non-hydrogen) atoms. The molecule has 1 aromatic carbocycles. The maximum absolute atomic E-state index is 14.2. The van der Waals surface area contributed by atoms with E-state index in [1.165, 1.54) is 31.5 Å². The topological polar surface area (TPSA) is 75.3 Å². The Morgan fingerprint density at radius 2 is 2.24 bits per heavy atom. The van der Waals surface area contributed by atoms with Crippen LogP contribution < -0.4 is 10.3 Å². The van der Waals surface area contributed by atoms with Gasteiger partial charge in [-0.15, -0.1) is 0 Å². The number of ether oxygens (including phenoxy) is 1. The average molecular weight is 393 g/mol. The fraction of sp³-hybridized carbons (Fsp3) is 0.227. The van der Waals surface area contributed by atoms with Crippen LogP contribution in [-0.2, 0) is 4.79 Å². The molecule has 0 saturated carbocycles. The van der Waals surface area contributed by atoms with Crippen molar-refractivity contribution < 1.29 is 13.9 Å². The molecular formula is C22H20FN3O3. The van der Waals surface area contributed by atoms with Crippen LogP contribution in [0.3, 0.4) is 0 Å². The monoisotopic (exact) mass is 393 g/mol. The van der Waals surface area contributed by atoms with Crippen LogP contribution in [0.2, 0.25) is 0 Å². The molecule has 3 aromatic rings. The molecule has 7 heteroatoms. The van der Waals surface area contributed by atoms with Crippen LogP contribution in [0.25, 0.3) is 22.0 Å². The summed E-state index contributed by atoms with van der Waals surface area (Å²) in [6.07, 6.45) is 3.55. The first kappa shape index (κ1) is 18.9. The third-order valence-electron chi connectivity index (χ3n) is 5.31. The van der Waals surface area contributed by atoms with E-state index in [-0.39, 0.29) is 23.1 Å². The Bertz CT molecular complexity index is 1170. The molecule has 1 aliphatic heterocycles. The minimum absolute atomic E-state index is 0.0369. The second-order valence-corrected chi connectivity index (χ2v) is 7.00. The first-order valence-corrected chi connectivity index (χ1v) is 9.29. The van der Waals surface area contributed by atoms with Crippen LogP contribution in [-0.4, -0.2) is 41.0 Å². The van der Waals surface area contributed by atoms with Crippen molar-refractivity contribution in [2.75, 3.05) is 20.2 Å². The van der Waals surface area contributed by atoms with E-state index < -0.39 is 5.82 Å². The Hall–Kier alpha value is -3.48. The normalized spacial score (nSPS) is 16.2. The van der Waals surface area contributed by atoms with Crippen LogP contribution in [0.5, 0.6) is 5.75 Å². The first-order chi connectivity index (χ1) is 14.0. The molecule has 0 radical (unpaired) electrons. The van der Waals surface area contributed by atoms with Gasteiger partial charge >= 0.3 is 0 Å². The summed E-state index contributed by atoms with van der Waals surface area (Å²) in [6.45, 7) is 4.67. The highest BCUT2D eigenvalue weighted by atomic mass is 19.1. The summed E-state index contributed by atoms with van der Waals surface area (Å²) in [5, 5.41) is 1.11. The number of aromatic nitrogens is 2. The molecule has 0 bridgehead atoms. The van der Waals surface area contributed by atoms with Gasteiger partial charge in [-0.3, -0.25) is 14.6 Å². The summed E-state index contributed by atoms with van der Waals surface area (Å²) < 4.78 is 19.7. The molecule has 4 rings (SSSR count). The zero-order valence-corrected chi connectivity index (χ0v) is 15.9. The van der Waals surface area contributed by atoms with E-state index in [0.717, 1.165) is 12.1 Å². The first-order valence-electron chi connectivity index (χ1n) is 9.29. The minimum Gasteiger partial charge on any atom is -0.496 e. The molecule has 148 valence electrons. The van der Waals surface area contributed by atoms with E-state index >= 15 is 0 Å². The fourth-order valence-corrected chi connectivity index (χ4v) is 3.81. The highest BCUT2D eigenvalue weighted by molar-refractivity contribution is 5.90. The Morgan fingerprint density at radius 3 is 2.97 bits per heavy atom. The average Bonchev–Trinajstić information content (AvgIpc) is 3.23. The van der Waals surface area contributed by atoms with E-state index in [1.807, 2.05) is 6.07 Å². The summed E-state index contributed by atoms with van der Waals surface area (Å²) in [5.41, 5.74) is 1.04. The lowest BCUT2D eigenvalue weighted by Gasteiger charge is -2.15. The number of H-pyrrole nitrogens is 1. The molecular weight excluding hydrogens is 373 g/mol. The van der Waals surface area contributed by atoms with Gasteiger partial charge in [0.15, 0.2) is 0 Å². The summed E-state index contributed by atoms with van der Waals surface area (Å²) in [4.78, 5) is 33.4. The van der Waals surface area contributed by atoms with Crippen molar-refractivity contribution in [3.63, 3.8) is 0 Å². The SMILES string of the molecule is C=CC(=O)N1CCC(c2cc3cc(OC)c(-c4ncccc4F)cc3c(=O)[nH]2)C1. The van der Waals surface area contributed by atoms with Crippen molar-refractivity contribution >= 4 is 16.7 Å². The Morgan fingerprint density at radius 1 is 1.41 bits per heavy atom. The number of benzene rings is 1. The second-order valence-electron chi connectivity index (χ2n) is 7.00. The molecule has 3 heterocycles. The lowest BCUT2D eigenvalue weighted by molar-refractivity contribution is -0.125. The van der Waals surface area contributed by atoms with Gasteiger partial charge in [0.25, 0.3) is 5.56 Å². The van der Waals surface area contributed by atoms with Gasteiger partial charge < -0.3 is 14.6 Å². The number of carbonyl (C=O) groups excluding carboxylic acids is 1. The van der Waals surface area contributed by atoms with Crippen LogP contribution in [0, 0.1) is 5.82 Å². The standard InChI is InChI=1S/C22H20FN3O3/c1-3-20(27)26-8-6-13(12-26)18-9-14-10-19(29-2)16(11-15(14)22(28)25-18)21-17(23)5-4-7-24-21/h3-5,7,9-11,13H,1,6,8,12H2,2H3,(H,25,28). The van der Waals surface area contributed by atoms with E-state index in [4.69, 9.17) is 4.74 Å². The number of amides is 1. The summed E-state index contributed by atoms with van der Waals surface area (Å²) in [7, 11) is 1.50.